The molecular weight excluding hydrogens is 414 g/mol. The van der Waals surface area contributed by atoms with Crippen LogP contribution in [-0.4, -0.2) is 71.9 Å². The number of likely N-dealkylation sites (tertiary alicyclic amines) is 2. The van der Waals surface area contributed by atoms with Crippen LogP contribution in [0, 0.1) is 6.92 Å². The highest BCUT2D eigenvalue weighted by Gasteiger charge is 2.27. The van der Waals surface area contributed by atoms with E-state index >= 15 is 0 Å². The highest BCUT2D eigenvalue weighted by Crippen LogP contribution is 2.27. The fraction of sp³-hybridized carbons (Fsp3) is 0.538. The number of rotatable bonds is 6. The third-order valence-corrected chi connectivity index (χ3v) is 6.91. The monoisotopic (exact) mass is 449 g/mol. The molecule has 0 atom stereocenters. The van der Waals surface area contributed by atoms with Crippen LogP contribution in [0.1, 0.15) is 65.5 Å². The van der Waals surface area contributed by atoms with Gasteiger partial charge < -0.3 is 14.7 Å². The van der Waals surface area contributed by atoms with Gasteiger partial charge in [-0.05, 0) is 56.7 Å². The molecular formula is C26H35N5O2. The zero-order chi connectivity index (χ0) is 23.4. The van der Waals surface area contributed by atoms with Crippen molar-refractivity contribution in [1.29, 1.82) is 0 Å². The summed E-state index contributed by atoms with van der Waals surface area (Å²) < 4.78 is 0. The zero-order valence-corrected chi connectivity index (χ0v) is 20.1. The van der Waals surface area contributed by atoms with Crippen molar-refractivity contribution in [3.05, 3.63) is 53.1 Å². The molecule has 2 aliphatic rings. The summed E-state index contributed by atoms with van der Waals surface area (Å²) in [6.45, 7) is 5.03. The molecule has 4 rings (SSSR count). The van der Waals surface area contributed by atoms with E-state index in [9.17, 15) is 9.59 Å². The standard InChI is InChI=1S/C26H35N5O2/c1-19-23(26(33)31-14-4-5-15-31)18-27-25(28-19)21-12-16-30(17-13-21)24(32)11-8-20-6-9-22(10-7-20)29(2)3/h6-7,9-10,18,21H,4-5,8,11-17H2,1-3H3. The van der Waals surface area contributed by atoms with Crippen molar-refractivity contribution in [2.75, 3.05) is 45.2 Å². The SMILES string of the molecule is Cc1nc(C2CCN(C(=O)CCc3ccc(N(C)C)cc3)CC2)ncc1C(=O)N1CCCC1. The van der Waals surface area contributed by atoms with Crippen LogP contribution in [0.25, 0.3) is 0 Å². The Hall–Kier alpha value is -2.96. The lowest BCUT2D eigenvalue weighted by Gasteiger charge is -2.31. The predicted octanol–water partition coefficient (Wildman–Crippen LogP) is 3.43. The maximum Gasteiger partial charge on any atom is 0.257 e. The Morgan fingerprint density at radius 2 is 1.67 bits per heavy atom. The third-order valence-electron chi connectivity index (χ3n) is 6.91. The molecule has 176 valence electrons. The topological polar surface area (TPSA) is 69.6 Å². The van der Waals surface area contributed by atoms with Gasteiger partial charge in [0.2, 0.25) is 5.91 Å². The molecule has 2 amide bonds. The van der Waals surface area contributed by atoms with Crippen molar-refractivity contribution in [2.45, 2.75) is 51.4 Å². The Morgan fingerprint density at radius 3 is 2.27 bits per heavy atom. The number of hydrogen-bond acceptors (Lipinski definition) is 5. The Morgan fingerprint density at radius 1 is 1.00 bits per heavy atom. The van der Waals surface area contributed by atoms with E-state index in [-0.39, 0.29) is 17.7 Å². The van der Waals surface area contributed by atoms with E-state index in [2.05, 4.69) is 39.1 Å². The van der Waals surface area contributed by atoms with Gasteiger partial charge in [0.25, 0.3) is 5.91 Å². The molecule has 7 nitrogen and oxygen atoms in total. The molecule has 2 fully saturated rings. The first kappa shape index (κ1) is 23.2. The molecule has 2 aromatic rings. The molecule has 1 aromatic carbocycles. The number of piperidine rings is 1. The Kier molecular flexibility index (Phi) is 7.26. The van der Waals surface area contributed by atoms with Gasteiger partial charge in [0.05, 0.1) is 11.3 Å². The van der Waals surface area contributed by atoms with Crippen molar-refractivity contribution in [2.24, 2.45) is 0 Å². The minimum Gasteiger partial charge on any atom is -0.378 e. The first-order valence-electron chi connectivity index (χ1n) is 12.1. The van der Waals surface area contributed by atoms with E-state index in [0.29, 0.717) is 12.0 Å². The minimum absolute atomic E-state index is 0.0494. The van der Waals surface area contributed by atoms with E-state index in [1.165, 1.54) is 5.56 Å². The molecule has 0 unspecified atom stereocenters. The molecule has 7 heteroatoms. The molecule has 2 saturated heterocycles. The summed E-state index contributed by atoms with van der Waals surface area (Å²) in [6, 6.07) is 8.40. The number of carbonyl (C=O) groups excluding carboxylic acids is 2. The van der Waals surface area contributed by atoms with Crippen LogP contribution < -0.4 is 4.90 Å². The van der Waals surface area contributed by atoms with Crippen molar-refractivity contribution in [3.63, 3.8) is 0 Å². The van der Waals surface area contributed by atoms with Gasteiger partial charge >= 0.3 is 0 Å². The summed E-state index contributed by atoms with van der Waals surface area (Å²) >= 11 is 0. The van der Waals surface area contributed by atoms with Gasteiger partial charge in [0.15, 0.2) is 0 Å². The fourth-order valence-corrected chi connectivity index (χ4v) is 4.74. The first-order chi connectivity index (χ1) is 15.9. The van der Waals surface area contributed by atoms with Gasteiger partial charge in [-0.25, -0.2) is 9.97 Å². The summed E-state index contributed by atoms with van der Waals surface area (Å²) in [7, 11) is 4.05. The average molecular weight is 450 g/mol. The molecule has 0 aliphatic carbocycles. The van der Waals surface area contributed by atoms with Crippen LogP contribution in [0.5, 0.6) is 0 Å². The number of hydrogen-bond donors (Lipinski definition) is 0. The van der Waals surface area contributed by atoms with E-state index < -0.39 is 0 Å². The summed E-state index contributed by atoms with van der Waals surface area (Å²) in [5, 5.41) is 0. The molecule has 0 saturated carbocycles. The van der Waals surface area contributed by atoms with Gasteiger partial charge in [-0.15, -0.1) is 0 Å². The normalized spacial score (nSPS) is 16.8. The third kappa shape index (κ3) is 5.52. The summed E-state index contributed by atoms with van der Waals surface area (Å²) in [5.41, 5.74) is 3.73. The van der Waals surface area contributed by atoms with E-state index in [4.69, 9.17) is 0 Å². The predicted molar refractivity (Wildman–Crippen MR) is 130 cm³/mol. The van der Waals surface area contributed by atoms with Gasteiger partial charge in [-0.2, -0.15) is 0 Å². The van der Waals surface area contributed by atoms with Gasteiger partial charge in [0, 0.05) is 64.5 Å². The second kappa shape index (κ2) is 10.3. The lowest BCUT2D eigenvalue weighted by atomic mass is 9.95. The smallest absolute Gasteiger partial charge is 0.257 e. The van der Waals surface area contributed by atoms with Crippen LogP contribution in [0.4, 0.5) is 5.69 Å². The molecule has 0 N–H and O–H groups in total. The molecule has 3 heterocycles. The van der Waals surface area contributed by atoms with Gasteiger partial charge in [-0.1, -0.05) is 12.1 Å². The van der Waals surface area contributed by atoms with Crippen molar-refractivity contribution in [1.82, 2.24) is 19.8 Å². The molecule has 0 bridgehead atoms. The number of carbonyl (C=O) groups is 2. The molecule has 1 aromatic heterocycles. The van der Waals surface area contributed by atoms with Crippen LogP contribution >= 0.6 is 0 Å². The number of anilines is 1. The summed E-state index contributed by atoms with van der Waals surface area (Å²) in [6.07, 6.45) is 6.88. The van der Waals surface area contributed by atoms with Crippen molar-refractivity contribution < 1.29 is 9.59 Å². The van der Waals surface area contributed by atoms with E-state index in [1.807, 2.05) is 30.8 Å². The highest BCUT2D eigenvalue weighted by molar-refractivity contribution is 5.95. The zero-order valence-electron chi connectivity index (χ0n) is 20.1. The Bertz CT molecular complexity index is 975. The van der Waals surface area contributed by atoms with Gasteiger partial charge in [-0.3, -0.25) is 9.59 Å². The highest BCUT2D eigenvalue weighted by atomic mass is 16.2. The number of benzene rings is 1. The number of amides is 2. The maximum absolute atomic E-state index is 12.7. The maximum atomic E-state index is 12.7. The van der Waals surface area contributed by atoms with Gasteiger partial charge in [0.1, 0.15) is 5.82 Å². The quantitative estimate of drug-likeness (QED) is 0.676. The van der Waals surface area contributed by atoms with Crippen LogP contribution in [0.2, 0.25) is 0 Å². The molecule has 0 radical (unpaired) electrons. The number of aromatic nitrogens is 2. The molecule has 2 aliphatic heterocycles. The average Bonchev–Trinajstić information content (AvgIpc) is 3.37. The van der Waals surface area contributed by atoms with Crippen LogP contribution in [0.3, 0.4) is 0 Å². The van der Waals surface area contributed by atoms with E-state index in [1.54, 1.807) is 6.20 Å². The molecule has 33 heavy (non-hydrogen) atoms. The lowest BCUT2D eigenvalue weighted by molar-refractivity contribution is -0.132. The summed E-state index contributed by atoms with van der Waals surface area (Å²) in [4.78, 5) is 40.6. The second-order valence-corrected chi connectivity index (χ2v) is 9.44. The Balaban J connectivity index is 1.28. The first-order valence-corrected chi connectivity index (χ1v) is 12.1. The van der Waals surface area contributed by atoms with Crippen LogP contribution in [0.15, 0.2) is 30.5 Å². The fourth-order valence-electron chi connectivity index (χ4n) is 4.74. The second-order valence-electron chi connectivity index (χ2n) is 9.44. The molecule has 0 spiro atoms. The van der Waals surface area contributed by atoms with Crippen molar-refractivity contribution >= 4 is 17.5 Å². The largest absolute Gasteiger partial charge is 0.378 e. The summed E-state index contributed by atoms with van der Waals surface area (Å²) in [5.74, 6) is 1.31. The van der Waals surface area contributed by atoms with Crippen molar-refractivity contribution in [3.8, 4) is 0 Å². The number of nitrogens with zero attached hydrogens (tertiary/aromatic N) is 5. The Labute approximate surface area is 196 Å². The van der Waals surface area contributed by atoms with Crippen LogP contribution in [-0.2, 0) is 11.2 Å². The number of aryl methyl sites for hydroxylation is 2. The van der Waals surface area contributed by atoms with E-state index in [0.717, 1.165) is 75.5 Å². The minimum atomic E-state index is 0.0494. The lowest BCUT2D eigenvalue weighted by Crippen LogP contribution is -2.38.